The molecule has 0 aliphatic heterocycles. The molecule has 24 heavy (non-hydrogen) atoms. The Labute approximate surface area is 143 Å². The Hall–Kier alpha value is -2.54. The van der Waals surface area contributed by atoms with Gasteiger partial charge in [-0.3, -0.25) is 0 Å². The zero-order valence-corrected chi connectivity index (χ0v) is 14.5. The van der Waals surface area contributed by atoms with Gasteiger partial charge in [-0.2, -0.15) is 0 Å². The summed E-state index contributed by atoms with van der Waals surface area (Å²) in [6.45, 7) is 6.58. The molecule has 0 amide bonds. The van der Waals surface area contributed by atoms with E-state index in [0.717, 1.165) is 16.8 Å². The van der Waals surface area contributed by atoms with Crippen LogP contribution in [0.2, 0.25) is 0 Å². The minimum absolute atomic E-state index is 0.324. The van der Waals surface area contributed by atoms with Crippen LogP contribution in [0.4, 0.5) is 0 Å². The van der Waals surface area contributed by atoms with E-state index in [-0.39, 0.29) is 5.60 Å². The van der Waals surface area contributed by atoms with Crippen molar-refractivity contribution in [3.05, 3.63) is 54.1 Å². The lowest BCUT2D eigenvalue weighted by atomic mass is 10.1. The molecular weight excluding hydrogens is 298 g/mol. The average Bonchev–Trinajstić information content (AvgIpc) is 3.24. The van der Waals surface area contributed by atoms with Crippen molar-refractivity contribution in [2.75, 3.05) is 0 Å². The molecule has 1 aromatic heterocycles. The van der Waals surface area contributed by atoms with Gasteiger partial charge in [-0.15, -0.1) is 0 Å². The highest BCUT2D eigenvalue weighted by Gasteiger charge is 2.17. The molecule has 0 spiro atoms. The number of nitrogens with zero attached hydrogens (tertiary/aromatic N) is 3. The van der Waals surface area contributed by atoms with Gasteiger partial charge in [0.25, 0.3) is 0 Å². The Bertz CT molecular complexity index is 752. The lowest BCUT2D eigenvalue weighted by Gasteiger charge is -2.17. The smallest absolute Gasteiger partial charge is 0.129 e. The molecule has 0 bridgehead atoms. The summed E-state index contributed by atoms with van der Waals surface area (Å²) in [6.07, 6.45) is 7.96. The monoisotopic (exact) mass is 321 g/mol. The van der Waals surface area contributed by atoms with E-state index in [1.807, 2.05) is 43.7 Å². The molecule has 1 aromatic carbocycles. The predicted molar refractivity (Wildman–Crippen MR) is 95.6 cm³/mol. The van der Waals surface area contributed by atoms with Crippen molar-refractivity contribution in [3.8, 4) is 11.8 Å². The number of rotatable bonds is 4. The molecule has 0 atom stereocenters. The van der Waals surface area contributed by atoms with E-state index in [4.69, 9.17) is 4.84 Å². The van der Waals surface area contributed by atoms with E-state index >= 15 is 0 Å². The summed E-state index contributed by atoms with van der Waals surface area (Å²) < 4.78 is 1.98. The quantitative estimate of drug-likeness (QED) is 0.487. The largest absolute Gasteiger partial charge is 0.390 e. The summed E-state index contributed by atoms with van der Waals surface area (Å²) in [4.78, 5) is 9.73. The number of aromatic nitrogens is 2. The van der Waals surface area contributed by atoms with Gasteiger partial charge in [0.1, 0.15) is 11.3 Å². The van der Waals surface area contributed by atoms with Crippen molar-refractivity contribution in [3.63, 3.8) is 0 Å². The standard InChI is InChI=1S/C20H23N3O/c1-20(2,3)24-22-19(14-23-13-12-21-15-23)18-10-8-17(9-11-18)7-6-16-4-5-16/h8-13,15-16H,4-5,14H2,1-3H3/b22-19-. The molecule has 1 heterocycles. The van der Waals surface area contributed by atoms with Crippen LogP contribution in [0.5, 0.6) is 0 Å². The van der Waals surface area contributed by atoms with E-state index in [0.29, 0.717) is 12.5 Å². The van der Waals surface area contributed by atoms with E-state index in [2.05, 4.69) is 34.1 Å². The minimum Gasteiger partial charge on any atom is -0.390 e. The summed E-state index contributed by atoms with van der Waals surface area (Å²) >= 11 is 0. The van der Waals surface area contributed by atoms with E-state index < -0.39 is 0 Å². The summed E-state index contributed by atoms with van der Waals surface area (Å²) in [5, 5.41) is 4.39. The Morgan fingerprint density at radius 1 is 1.29 bits per heavy atom. The molecule has 1 fully saturated rings. The molecule has 1 aliphatic rings. The Morgan fingerprint density at radius 3 is 2.62 bits per heavy atom. The van der Waals surface area contributed by atoms with Crippen LogP contribution in [-0.2, 0) is 11.4 Å². The molecule has 4 nitrogen and oxygen atoms in total. The van der Waals surface area contributed by atoms with E-state index in [9.17, 15) is 0 Å². The third-order valence-electron chi connectivity index (χ3n) is 3.54. The van der Waals surface area contributed by atoms with Gasteiger partial charge < -0.3 is 9.40 Å². The molecule has 124 valence electrons. The number of hydrogen-bond donors (Lipinski definition) is 0. The number of oxime groups is 1. The van der Waals surface area contributed by atoms with Gasteiger partial charge >= 0.3 is 0 Å². The minimum atomic E-state index is -0.324. The van der Waals surface area contributed by atoms with E-state index in [1.54, 1.807) is 12.5 Å². The van der Waals surface area contributed by atoms with Crippen molar-refractivity contribution < 1.29 is 4.84 Å². The first-order valence-electron chi connectivity index (χ1n) is 8.32. The lowest BCUT2D eigenvalue weighted by Crippen LogP contribution is -2.19. The van der Waals surface area contributed by atoms with Crippen molar-refractivity contribution in [2.45, 2.75) is 45.8 Å². The highest BCUT2D eigenvalue weighted by molar-refractivity contribution is 6.00. The summed E-state index contributed by atoms with van der Waals surface area (Å²) in [5.74, 6) is 7.14. The van der Waals surface area contributed by atoms with Crippen molar-refractivity contribution in [1.29, 1.82) is 0 Å². The highest BCUT2D eigenvalue weighted by atomic mass is 16.6. The Morgan fingerprint density at radius 2 is 2.04 bits per heavy atom. The topological polar surface area (TPSA) is 39.4 Å². The molecule has 0 N–H and O–H groups in total. The fourth-order valence-electron chi connectivity index (χ4n) is 2.08. The maximum Gasteiger partial charge on any atom is 0.129 e. The van der Waals surface area contributed by atoms with Gasteiger partial charge in [-0.1, -0.05) is 29.1 Å². The van der Waals surface area contributed by atoms with Crippen LogP contribution >= 0.6 is 0 Å². The first-order chi connectivity index (χ1) is 11.5. The maximum absolute atomic E-state index is 5.64. The van der Waals surface area contributed by atoms with Crippen molar-refractivity contribution in [2.24, 2.45) is 11.1 Å². The third kappa shape index (κ3) is 4.99. The molecule has 0 saturated heterocycles. The van der Waals surface area contributed by atoms with Crippen LogP contribution in [0.25, 0.3) is 0 Å². The molecule has 4 heteroatoms. The van der Waals surface area contributed by atoms with Crippen LogP contribution in [-0.4, -0.2) is 20.9 Å². The second-order valence-electron chi connectivity index (χ2n) is 7.10. The van der Waals surface area contributed by atoms with Gasteiger partial charge in [0.15, 0.2) is 0 Å². The molecular formula is C20H23N3O. The summed E-state index contributed by atoms with van der Waals surface area (Å²) in [6, 6.07) is 8.20. The Balaban J connectivity index is 1.80. The van der Waals surface area contributed by atoms with Gasteiger partial charge in [-0.05, 0) is 45.7 Å². The predicted octanol–water partition coefficient (Wildman–Crippen LogP) is 3.86. The first-order valence-corrected chi connectivity index (χ1v) is 8.32. The summed E-state index contributed by atoms with van der Waals surface area (Å²) in [7, 11) is 0. The highest BCUT2D eigenvalue weighted by Crippen LogP contribution is 2.27. The second-order valence-corrected chi connectivity index (χ2v) is 7.10. The van der Waals surface area contributed by atoms with Crippen LogP contribution in [0.1, 0.15) is 44.7 Å². The molecule has 0 radical (unpaired) electrons. The maximum atomic E-state index is 5.64. The number of hydrogen-bond acceptors (Lipinski definition) is 3. The third-order valence-corrected chi connectivity index (χ3v) is 3.54. The van der Waals surface area contributed by atoms with E-state index in [1.165, 1.54) is 12.8 Å². The molecule has 1 aliphatic carbocycles. The average molecular weight is 321 g/mol. The van der Waals surface area contributed by atoms with Gasteiger partial charge in [0, 0.05) is 29.4 Å². The van der Waals surface area contributed by atoms with Crippen LogP contribution in [0.15, 0.2) is 48.1 Å². The summed E-state index contributed by atoms with van der Waals surface area (Å²) in [5.41, 5.74) is 2.62. The SMILES string of the molecule is CC(C)(C)O/N=C(/Cn1ccnc1)c1ccc(C#CC2CC2)cc1. The first kappa shape index (κ1) is 16.3. The molecule has 2 aromatic rings. The molecule has 1 saturated carbocycles. The zero-order valence-electron chi connectivity index (χ0n) is 14.5. The number of imidazole rings is 1. The fraction of sp³-hybridized carbons (Fsp3) is 0.400. The second kappa shape index (κ2) is 6.92. The zero-order chi connectivity index (χ0) is 17.0. The van der Waals surface area contributed by atoms with Gasteiger partial charge in [-0.25, -0.2) is 4.98 Å². The van der Waals surface area contributed by atoms with Gasteiger partial charge in [0.2, 0.25) is 0 Å². The Kier molecular flexibility index (Phi) is 4.71. The van der Waals surface area contributed by atoms with Crippen LogP contribution < -0.4 is 0 Å². The van der Waals surface area contributed by atoms with Crippen LogP contribution in [0, 0.1) is 17.8 Å². The van der Waals surface area contributed by atoms with Crippen LogP contribution in [0.3, 0.4) is 0 Å². The van der Waals surface area contributed by atoms with Crippen molar-refractivity contribution >= 4 is 5.71 Å². The fourth-order valence-corrected chi connectivity index (χ4v) is 2.08. The van der Waals surface area contributed by atoms with Gasteiger partial charge in [0.05, 0.1) is 12.9 Å². The normalized spacial score (nSPS) is 14.9. The number of benzene rings is 1. The molecule has 3 rings (SSSR count). The van der Waals surface area contributed by atoms with Crippen molar-refractivity contribution in [1.82, 2.24) is 9.55 Å². The molecule has 0 unspecified atom stereocenters. The lowest BCUT2D eigenvalue weighted by molar-refractivity contribution is 0.000616.